The zero-order valence-electron chi connectivity index (χ0n) is 18.9. The van der Waals surface area contributed by atoms with Crippen LogP contribution in [0.5, 0.6) is 11.5 Å². The summed E-state index contributed by atoms with van der Waals surface area (Å²) in [5.74, 6) is 2.61. The molecule has 4 rings (SSSR count). The number of fused-ring (bicyclic) bond motifs is 1. The molecule has 2 aromatic carbocycles. The van der Waals surface area contributed by atoms with E-state index in [1.54, 1.807) is 0 Å². The second-order valence-corrected chi connectivity index (χ2v) is 7.88. The van der Waals surface area contributed by atoms with Crippen molar-refractivity contribution in [3.63, 3.8) is 0 Å². The van der Waals surface area contributed by atoms with Gasteiger partial charge in [-0.05, 0) is 50.5 Å². The van der Waals surface area contributed by atoms with Crippen molar-refractivity contribution in [2.75, 3.05) is 19.8 Å². The monoisotopic (exact) mass is 435 g/mol. The van der Waals surface area contributed by atoms with Crippen LogP contribution in [0.15, 0.2) is 40.9 Å². The highest BCUT2D eigenvalue weighted by Crippen LogP contribution is 2.34. The highest BCUT2D eigenvalue weighted by Gasteiger charge is 2.23. The molecule has 7 heteroatoms. The molecule has 0 unspecified atom stereocenters. The fraction of sp³-hybridized carbons (Fsp3) is 0.400. The number of nitrogens with zero attached hydrogens (tertiary/aromatic N) is 3. The Morgan fingerprint density at radius 3 is 2.44 bits per heavy atom. The van der Waals surface area contributed by atoms with Crippen LogP contribution in [0, 0.1) is 6.92 Å². The van der Waals surface area contributed by atoms with E-state index in [-0.39, 0.29) is 5.91 Å². The van der Waals surface area contributed by atoms with Crippen LogP contribution in [0.1, 0.15) is 42.8 Å². The molecule has 0 atom stereocenters. The van der Waals surface area contributed by atoms with Gasteiger partial charge in [-0.2, -0.15) is 4.98 Å². The van der Waals surface area contributed by atoms with Gasteiger partial charge in [0.1, 0.15) is 0 Å². The van der Waals surface area contributed by atoms with Gasteiger partial charge >= 0.3 is 0 Å². The van der Waals surface area contributed by atoms with Crippen molar-refractivity contribution in [3.05, 3.63) is 59.0 Å². The van der Waals surface area contributed by atoms with E-state index in [0.717, 1.165) is 29.0 Å². The SMILES string of the molecule is CCOc1cc2c(cc1OCC)CN(C(=O)CCc1nc(-c3ccc(C)cc3)no1)CC2. The average Bonchev–Trinajstić information content (AvgIpc) is 3.27. The molecular formula is C25H29N3O4. The van der Waals surface area contributed by atoms with Crippen molar-refractivity contribution in [1.82, 2.24) is 15.0 Å². The van der Waals surface area contributed by atoms with Crippen LogP contribution >= 0.6 is 0 Å². The van der Waals surface area contributed by atoms with Crippen molar-refractivity contribution >= 4 is 5.91 Å². The molecule has 0 spiro atoms. The molecule has 1 amide bonds. The maximum absolute atomic E-state index is 12.9. The number of ether oxygens (including phenoxy) is 2. The van der Waals surface area contributed by atoms with Crippen LogP contribution in [0.25, 0.3) is 11.4 Å². The molecule has 0 saturated carbocycles. The first-order valence-electron chi connectivity index (χ1n) is 11.2. The molecular weight excluding hydrogens is 406 g/mol. The van der Waals surface area contributed by atoms with Gasteiger partial charge in [-0.1, -0.05) is 35.0 Å². The minimum Gasteiger partial charge on any atom is -0.490 e. The summed E-state index contributed by atoms with van der Waals surface area (Å²) in [5.41, 5.74) is 4.39. The van der Waals surface area contributed by atoms with E-state index in [2.05, 4.69) is 16.2 Å². The van der Waals surface area contributed by atoms with Crippen LogP contribution in [0.3, 0.4) is 0 Å². The van der Waals surface area contributed by atoms with Gasteiger partial charge < -0.3 is 18.9 Å². The standard InChI is InChI=1S/C25H29N3O4/c1-4-30-21-14-19-12-13-28(16-20(19)15-22(21)31-5-2)24(29)11-10-23-26-25(27-32-23)18-8-6-17(3)7-9-18/h6-9,14-15H,4-5,10-13,16H2,1-3H3. The number of aryl methyl sites for hydroxylation is 2. The van der Waals surface area contributed by atoms with E-state index in [4.69, 9.17) is 14.0 Å². The molecule has 3 aromatic rings. The summed E-state index contributed by atoms with van der Waals surface area (Å²) in [6.45, 7) is 8.35. The lowest BCUT2D eigenvalue weighted by Crippen LogP contribution is -2.36. The molecule has 0 radical (unpaired) electrons. The maximum atomic E-state index is 12.9. The Morgan fingerprint density at radius 1 is 1.06 bits per heavy atom. The Hall–Kier alpha value is -3.35. The fourth-order valence-corrected chi connectivity index (χ4v) is 3.86. The van der Waals surface area contributed by atoms with Gasteiger partial charge in [0.25, 0.3) is 0 Å². The number of carbonyl (C=O) groups is 1. The first kappa shape index (κ1) is 21.9. The number of carbonyl (C=O) groups excluding carboxylic acids is 1. The van der Waals surface area contributed by atoms with Gasteiger partial charge in [-0.15, -0.1) is 0 Å². The van der Waals surface area contributed by atoms with Crippen LogP contribution < -0.4 is 9.47 Å². The van der Waals surface area contributed by atoms with Gasteiger partial charge in [0.2, 0.25) is 17.6 Å². The molecule has 0 aliphatic carbocycles. The zero-order valence-corrected chi connectivity index (χ0v) is 18.9. The molecule has 2 heterocycles. The summed E-state index contributed by atoms with van der Waals surface area (Å²) in [6, 6.07) is 12.0. The number of hydrogen-bond acceptors (Lipinski definition) is 6. The molecule has 32 heavy (non-hydrogen) atoms. The van der Waals surface area contributed by atoms with Crippen LogP contribution in [0.4, 0.5) is 0 Å². The highest BCUT2D eigenvalue weighted by atomic mass is 16.5. The van der Waals surface area contributed by atoms with Crippen molar-refractivity contribution < 1.29 is 18.8 Å². The predicted octanol–water partition coefficient (Wildman–Crippen LogP) is 4.36. The van der Waals surface area contributed by atoms with Crippen LogP contribution in [-0.4, -0.2) is 40.7 Å². The third kappa shape index (κ3) is 4.93. The topological polar surface area (TPSA) is 77.7 Å². The lowest BCUT2D eigenvalue weighted by Gasteiger charge is -2.30. The van der Waals surface area contributed by atoms with Crippen LogP contribution in [-0.2, 0) is 24.2 Å². The molecule has 168 valence electrons. The van der Waals surface area contributed by atoms with Crippen molar-refractivity contribution in [2.45, 2.75) is 46.6 Å². The van der Waals surface area contributed by atoms with E-state index < -0.39 is 0 Å². The smallest absolute Gasteiger partial charge is 0.227 e. The summed E-state index contributed by atoms with van der Waals surface area (Å²) >= 11 is 0. The number of aromatic nitrogens is 2. The normalized spacial score (nSPS) is 13.0. The average molecular weight is 436 g/mol. The Labute approximate surface area is 188 Å². The number of benzene rings is 2. The van der Waals surface area contributed by atoms with E-state index in [1.165, 1.54) is 11.1 Å². The molecule has 0 saturated heterocycles. The minimum atomic E-state index is 0.0811. The first-order valence-corrected chi connectivity index (χ1v) is 11.2. The van der Waals surface area contributed by atoms with Gasteiger partial charge in [-0.25, -0.2) is 0 Å². The Bertz CT molecular complexity index is 1080. The highest BCUT2D eigenvalue weighted by molar-refractivity contribution is 5.76. The molecule has 0 fully saturated rings. The number of rotatable bonds is 8. The van der Waals surface area contributed by atoms with E-state index >= 15 is 0 Å². The maximum Gasteiger partial charge on any atom is 0.227 e. The van der Waals surface area contributed by atoms with Crippen molar-refractivity contribution in [3.8, 4) is 22.9 Å². The Balaban J connectivity index is 1.38. The second kappa shape index (κ2) is 9.85. The van der Waals surface area contributed by atoms with E-state index in [9.17, 15) is 4.79 Å². The summed E-state index contributed by atoms with van der Waals surface area (Å²) in [7, 11) is 0. The third-order valence-corrected chi connectivity index (χ3v) is 5.56. The third-order valence-electron chi connectivity index (χ3n) is 5.56. The predicted molar refractivity (Wildman–Crippen MR) is 121 cm³/mol. The molecule has 0 N–H and O–H groups in total. The van der Waals surface area contributed by atoms with E-state index in [1.807, 2.05) is 56.0 Å². The van der Waals surface area contributed by atoms with Gasteiger partial charge in [0, 0.05) is 31.5 Å². The zero-order chi connectivity index (χ0) is 22.5. The molecule has 1 aromatic heterocycles. The summed E-state index contributed by atoms with van der Waals surface area (Å²) in [4.78, 5) is 19.2. The minimum absolute atomic E-state index is 0.0811. The molecule has 0 bridgehead atoms. The van der Waals surface area contributed by atoms with Crippen molar-refractivity contribution in [1.29, 1.82) is 0 Å². The molecule has 7 nitrogen and oxygen atoms in total. The molecule has 1 aliphatic heterocycles. The summed E-state index contributed by atoms with van der Waals surface area (Å²) < 4.78 is 16.8. The first-order chi connectivity index (χ1) is 15.6. The summed E-state index contributed by atoms with van der Waals surface area (Å²) in [5, 5.41) is 4.05. The van der Waals surface area contributed by atoms with Crippen molar-refractivity contribution in [2.24, 2.45) is 0 Å². The number of hydrogen-bond donors (Lipinski definition) is 0. The lowest BCUT2D eigenvalue weighted by atomic mass is 9.98. The van der Waals surface area contributed by atoms with Gasteiger partial charge in [0.05, 0.1) is 13.2 Å². The van der Waals surface area contributed by atoms with Gasteiger partial charge in [0.15, 0.2) is 11.5 Å². The Morgan fingerprint density at radius 2 is 1.75 bits per heavy atom. The second-order valence-electron chi connectivity index (χ2n) is 7.88. The van der Waals surface area contributed by atoms with E-state index in [0.29, 0.717) is 50.9 Å². The molecule has 1 aliphatic rings. The fourth-order valence-electron chi connectivity index (χ4n) is 3.86. The number of amides is 1. The lowest BCUT2D eigenvalue weighted by molar-refractivity contribution is -0.132. The van der Waals surface area contributed by atoms with Gasteiger partial charge in [-0.3, -0.25) is 4.79 Å². The van der Waals surface area contributed by atoms with Crippen LogP contribution in [0.2, 0.25) is 0 Å². The quantitative estimate of drug-likeness (QED) is 0.523. The Kier molecular flexibility index (Phi) is 6.73. The largest absolute Gasteiger partial charge is 0.490 e. The summed E-state index contributed by atoms with van der Waals surface area (Å²) in [6.07, 6.45) is 1.56.